The van der Waals surface area contributed by atoms with E-state index >= 15 is 0 Å². The molecule has 2 aromatic carbocycles. The monoisotopic (exact) mass is 389 g/mol. The molecular weight excluding hydrogens is 378 g/mol. The van der Waals surface area contributed by atoms with Crippen molar-refractivity contribution in [1.82, 2.24) is 15.2 Å². The van der Waals surface area contributed by atoms with Gasteiger partial charge in [-0.1, -0.05) is 51.8 Å². The van der Waals surface area contributed by atoms with Gasteiger partial charge in [-0.2, -0.15) is 10.1 Å². The van der Waals surface area contributed by atoms with Crippen molar-refractivity contribution >= 4 is 45.0 Å². The third-order valence-corrected chi connectivity index (χ3v) is 3.92. The van der Waals surface area contributed by atoms with Gasteiger partial charge in [0.1, 0.15) is 0 Å². The van der Waals surface area contributed by atoms with E-state index in [-0.39, 0.29) is 0 Å². The number of hydrogen-bond donors (Lipinski definition) is 2. The van der Waals surface area contributed by atoms with Crippen molar-refractivity contribution < 1.29 is 0 Å². The summed E-state index contributed by atoms with van der Waals surface area (Å²) in [5.74, 6) is 1.05. The fourth-order valence-corrected chi connectivity index (χ4v) is 2.57. The molecule has 1 heterocycles. The number of benzene rings is 2. The minimum absolute atomic E-state index is 0.423. The number of hydrogen-bond acceptors (Lipinski definition) is 5. The number of nitrogens with one attached hydrogen (secondary N) is 2. The van der Waals surface area contributed by atoms with E-state index in [1.54, 1.807) is 6.20 Å². The zero-order valence-corrected chi connectivity index (χ0v) is 14.3. The van der Waals surface area contributed by atoms with Crippen molar-refractivity contribution in [1.29, 1.82) is 0 Å². The molecule has 5 nitrogen and oxygen atoms in total. The Hall–Kier alpha value is -2.18. The highest BCUT2D eigenvalue weighted by atomic mass is 79.9. The largest absolute Gasteiger partial charge is 0.364 e. The van der Waals surface area contributed by atoms with Gasteiger partial charge in [0.15, 0.2) is 5.82 Å². The second-order valence-electron chi connectivity index (χ2n) is 4.75. The minimum atomic E-state index is 0.423. The van der Waals surface area contributed by atoms with Crippen molar-refractivity contribution in [2.45, 2.75) is 6.54 Å². The average molecular weight is 391 g/mol. The fraction of sp³-hybridized carbons (Fsp3) is 0.0625. The van der Waals surface area contributed by atoms with Crippen molar-refractivity contribution in [3.63, 3.8) is 0 Å². The Kier molecular flexibility index (Phi) is 5.05. The lowest BCUT2D eigenvalue weighted by Crippen LogP contribution is -2.06. The molecule has 3 aromatic rings. The molecule has 3 rings (SSSR count). The molecule has 0 unspecified atom stereocenters. The van der Waals surface area contributed by atoms with Crippen LogP contribution in [0.25, 0.3) is 0 Å². The van der Waals surface area contributed by atoms with Gasteiger partial charge in [0.25, 0.3) is 0 Å². The zero-order chi connectivity index (χ0) is 16.1. The highest BCUT2D eigenvalue weighted by Gasteiger charge is 2.03. The number of nitrogens with zero attached hydrogens (tertiary/aromatic N) is 3. The van der Waals surface area contributed by atoms with Gasteiger partial charge in [0.05, 0.1) is 6.20 Å². The average Bonchev–Trinajstić information content (AvgIpc) is 2.54. The first-order chi connectivity index (χ1) is 11.2. The van der Waals surface area contributed by atoms with Gasteiger partial charge in [0, 0.05) is 21.7 Å². The van der Waals surface area contributed by atoms with E-state index in [4.69, 9.17) is 11.6 Å². The molecule has 0 aliphatic rings. The summed E-state index contributed by atoms with van der Waals surface area (Å²) in [6.45, 7) is 0.564. The van der Waals surface area contributed by atoms with Crippen LogP contribution in [0.3, 0.4) is 0 Å². The van der Waals surface area contributed by atoms with Crippen LogP contribution in [-0.2, 0) is 6.54 Å². The molecule has 0 atom stereocenters. The smallest absolute Gasteiger partial charge is 0.249 e. The summed E-state index contributed by atoms with van der Waals surface area (Å²) >= 11 is 9.56. The second-order valence-corrected chi connectivity index (χ2v) is 6.07. The summed E-state index contributed by atoms with van der Waals surface area (Å²) in [6, 6.07) is 15.4. The van der Waals surface area contributed by atoms with E-state index in [1.165, 1.54) is 0 Å². The molecule has 0 bridgehead atoms. The Bertz CT molecular complexity index is 812. The molecule has 0 spiro atoms. The van der Waals surface area contributed by atoms with E-state index in [9.17, 15) is 0 Å². The molecule has 2 N–H and O–H groups in total. The van der Waals surface area contributed by atoms with E-state index in [0.717, 1.165) is 20.7 Å². The van der Waals surface area contributed by atoms with Gasteiger partial charge in [-0.25, -0.2) is 0 Å². The predicted octanol–water partition coefficient (Wildman–Crippen LogP) is 4.64. The normalized spacial score (nSPS) is 10.3. The lowest BCUT2D eigenvalue weighted by molar-refractivity contribution is 0.966. The van der Waals surface area contributed by atoms with Crippen LogP contribution >= 0.6 is 27.5 Å². The number of anilines is 3. The summed E-state index contributed by atoms with van der Waals surface area (Å²) in [4.78, 5) is 4.39. The lowest BCUT2D eigenvalue weighted by Gasteiger charge is -2.09. The maximum absolute atomic E-state index is 6.14. The highest BCUT2D eigenvalue weighted by Crippen LogP contribution is 2.19. The molecular formula is C16H13BrClN5. The topological polar surface area (TPSA) is 62.7 Å². The molecule has 0 fully saturated rings. The summed E-state index contributed by atoms with van der Waals surface area (Å²) in [5.41, 5.74) is 1.87. The third kappa shape index (κ3) is 4.40. The first-order valence-corrected chi connectivity index (χ1v) is 8.07. The Morgan fingerprint density at radius 1 is 1.09 bits per heavy atom. The van der Waals surface area contributed by atoms with Gasteiger partial charge in [0.2, 0.25) is 5.95 Å². The Morgan fingerprint density at radius 2 is 1.96 bits per heavy atom. The van der Waals surface area contributed by atoms with Gasteiger partial charge in [-0.3, -0.25) is 0 Å². The fourth-order valence-electron chi connectivity index (χ4n) is 1.96. The quantitative estimate of drug-likeness (QED) is 0.664. The van der Waals surface area contributed by atoms with E-state index in [1.807, 2.05) is 48.5 Å². The maximum atomic E-state index is 6.14. The number of halogens is 2. The van der Waals surface area contributed by atoms with Crippen LogP contribution in [-0.4, -0.2) is 15.2 Å². The summed E-state index contributed by atoms with van der Waals surface area (Å²) in [6.07, 6.45) is 1.57. The molecule has 23 heavy (non-hydrogen) atoms. The van der Waals surface area contributed by atoms with Crippen LogP contribution < -0.4 is 10.6 Å². The van der Waals surface area contributed by atoms with Crippen LogP contribution in [0, 0.1) is 0 Å². The predicted molar refractivity (Wildman–Crippen MR) is 96.0 cm³/mol. The Morgan fingerprint density at radius 3 is 2.78 bits per heavy atom. The lowest BCUT2D eigenvalue weighted by atomic mass is 10.2. The molecule has 0 amide bonds. The SMILES string of the molecule is Clc1ccccc1CNc1cnnc(Nc2cccc(Br)c2)n1. The minimum Gasteiger partial charge on any atom is -0.364 e. The van der Waals surface area contributed by atoms with Crippen LogP contribution in [0.1, 0.15) is 5.56 Å². The van der Waals surface area contributed by atoms with Crippen molar-refractivity contribution in [3.05, 3.63) is 69.8 Å². The van der Waals surface area contributed by atoms with Gasteiger partial charge in [-0.05, 0) is 29.8 Å². The van der Waals surface area contributed by atoms with E-state index < -0.39 is 0 Å². The van der Waals surface area contributed by atoms with Crippen LogP contribution in [0.2, 0.25) is 5.02 Å². The van der Waals surface area contributed by atoms with Gasteiger partial charge >= 0.3 is 0 Å². The van der Waals surface area contributed by atoms with Crippen LogP contribution in [0.15, 0.2) is 59.2 Å². The molecule has 0 aliphatic heterocycles. The standard InChI is InChI=1S/C16H13BrClN5/c17-12-5-3-6-13(8-12)21-16-22-15(10-20-23-16)19-9-11-4-1-2-7-14(11)18/h1-8,10H,9H2,(H2,19,21,22,23). The van der Waals surface area contributed by atoms with Crippen molar-refractivity contribution in [2.24, 2.45) is 0 Å². The van der Waals surface area contributed by atoms with Crippen molar-refractivity contribution in [3.8, 4) is 0 Å². The second kappa shape index (κ2) is 7.39. The maximum Gasteiger partial charge on any atom is 0.249 e. The van der Waals surface area contributed by atoms with E-state index in [0.29, 0.717) is 18.3 Å². The Balaban J connectivity index is 1.69. The molecule has 0 saturated heterocycles. The zero-order valence-electron chi connectivity index (χ0n) is 12.0. The molecule has 116 valence electrons. The van der Waals surface area contributed by atoms with Crippen LogP contribution in [0.5, 0.6) is 0 Å². The first kappa shape index (κ1) is 15.7. The third-order valence-electron chi connectivity index (χ3n) is 3.06. The molecule has 0 radical (unpaired) electrons. The summed E-state index contributed by atoms with van der Waals surface area (Å²) in [5, 5.41) is 15.0. The van der Waals surface area contributed by atoms with Gasteiger partial charge < -0.3 is 10.6 Å². The first-order valence-electron chi connectivity index (χ1n) is 6.90. The number of aromatic nitrogens is 3. The number of rotatable bonds is 5. The molecule has 7 heteroatoms. The summed E-state index contributed by atoms with van der Waals surface area (Å²) < 4.78 is 0.975. The van der Waals surface area contributed by atoms with Crippen molar-refractivity contribution in [2.75, 3.05) is 10.6 Å². The Labute approximate surface area is 147 Å². The van der Waals surface area contributed by atoms with Gasteiger partial charge in [-0.15, -0.1) is 5.10 Å². The summed E-state index contributed by atoms with van der Waals surface area (Å²) in [7, 11) is 0. The van der Waals surface area contributed by atoms with E-state index in [2.05, 4.69) is 41.7 Å². The van der Waals surface area contributed by atoms with Crippen LogP contribution in [0.4, 0.5) is 17.5 Å². The molecule has 1 aromatic heterocycles. The highest BCUT2D eigenvalue weighted by molar-refractivity contribution is 9.10. The molecule has 0 aliphatic carbocycles. The molecule has 0 saturated carbocycles.